The molecule has 1 rings (SSSR count). The lowest BCUT2D eigenvalue weighted by Crippen LogP contribution is -1.90. The Morgan fingerprint density at radius 1 is 1.50 bits per heavy atom. The third kappa shape index (κ3) is 4.67. The van der Waals surface area contributed by atoms with E-state index in [2.05, 4.69) is 9.98 Å². The van der Waals surface area contributed by atoms with E-state index < -0.39 is 0 Å². The molecule has 0 saturated carbocycles. The summed E-state index contributed by atoms with van der Waals surface area (Å²) in [4.78, 5) is 8.61. The topological polar surface area (TPSA) is 25.2 Å². The van der Waals surface area contributed by atoms with Gasteiger partial charge in [-0.05, 0) is 25.3 Å². The maximum Gasteiger partial charge on any atom is 0.0960 e. The maximum atomic E-state index is 4.39. The van der Waals surface area contributed by atoms with Crippen LogP contribution in [0.1, 0.15) is 6.92 Å². The molecule has 0 bridgehead atoms. The van der Waals surface area contributed by atoms with Gasteiger partial charge in [-0.15, -0.1) is 23.5 Å². The van der Waals surface area contributed by atoms with Gasteiger partial charge in [-0.1, -0.05) is 6.07 Å². The fraction of sp³-hybridized carbons (Fsp3) is 0.400. The Morgan fingerprint density at radius 2 is 2.36 bits per heavy atom. The summed E-state index contributed by atoms with van der Waals surface area (Å²) in [5.41, 5.74) is 0. The van der Waals surface area contributed by atoms with E-state index in [1.807, 2.05) is 37.6 Å². The van der Waals surface area contributed by atoms with Crippen molar-refractivity contribution in [2.75, 3.05) is 18.6 Å². The van der Waals surface area contributed by atoms with Crippen LogP contribution < -0.4 is 0 Å². The number of thioether (sulfide) groups is 2. The first-order valence-electron chi connectivity index (χ1n) is 4.42. The Hall–Kier alpha value is -0.480. The standard InChI is InChI=1S/C10H14N2S2/c1-9(13-2)11-7-8-14-10-5-3-4-6-12-10/h3-6H,7-8H2,1-2H3. The second-order valence-corrected chi connectivity index (χ2v) is 4.74. The van der Waals surface area contributed by atoms with Crippen LogP contribution in [-0.2, 0) is 0 Å². The molecule has 0 radical (unpaired) electrons. The van der Waals surface area contributed by atoms with Gasteiger partial charge in [0.25, 0.3) is 0 Å². The highest BCUT2D eigenvalue weighted by atomic mass is 32.2. The second kappa shape index (κ2) is 6.90. The van der Waals surface area contributed by atoms with Gasteiger partial charge in [0, 0.05) is 18.5 Å². The SMILES string of the molecule is CSC(C)=NCCSc1ccccn1. The van der Waals surface area contributed by atoms with Crippen molar-refractivity contribution in [3.8, 4) is 0 Å². The number of nitrogens with zero attached hydrogens (tertiary/aromatic N) is 2. The van der Waals surface area contributed by atoms with Crippen LogP contribution in [-0.4, -0.2) is 28.6 Å². The fourth-order valence-corrected chi connectivity index (χ4v) is 1.77. The quantitative estimate of drug-likeness (QED) is 0.341. The van der Waals surface area contributed by atoms with Crippen LogP contribution in [0.5, 0.6) is 0 Å². The number of hydrogen-bond donors (Lipinski definition) is 0. The highest BCUT2D eigenvalue weighted by Gasteiger charge is 1.92. The van der Waals surface area contributed by atoms with Crippen LogP contribution in [0, 0.1) is 0 Å². The Morgan fingerprint density at radius 3 is 3.00 bits per heavy atom. The van der Waals surface area contributed by atoms with E-state index in [9.17, 15) is 0 Å². The Kier molecular flexibility index (Phi) is 5.71. The van der Waals surface area contributed by atoms with Gasteiger partial charge >= 0.3 is 0 Å². The molecular formula is C10H14N2S2. The summed E-state index contributed by atoms with van der Waals surface area (Å²) in [5.74, 6) is 0.995. The van der Waals surface area contributed by atoms with Gasteiger partial charge in [0.2, 0.25) is 0 Å². The molecule has 0 spiro atoms. The normalized spacial score (nSPS) is 11.7. The Bertz CT molecular complexity index is 285. The lowest BCUT2D eigenvalue weighted by molar-refractivity contribution is 1.11. The average Bonchev–Trinajstić information content (AvgIpc) is 2.25. The summed E-state index contributed by atoms with van der Waals surface area (Å²) in [6.07, 6.45) is 3.86. The molecular weight excluding hydrogens is 212 g/mol. The minimum Gasteiger partial charge on any atom is -0.282 e. The molecule has 0 unspecified atom stereocenters. The molecule has 0 aliphatic heterocycles. The summed E-state index contributed by atoms with van der Waals surface area (Å²) in [5, 5.41) is 2.22. The van der Waals surface area contributed by atoms with Crippen molar-refractivity contribution in [1.82, 2.24) is 4.98 Å². The van der Waals surface area contributed by atoms with Gasteiger partial charge in [0.1, 0.15) is 0 Å². The molecule has 0 amide bonds. The minimum atomic E-state index is 0.869. The molecule has 1 aromatic rings. The second-order valence-electron chi connectivity index (χ2n) is 2.62. The van der Waals surface area contributed by atoms with E-state index in [4.69, 9.17) is 0 Å². The highest BCUT2D eigenvalue weighted by molar-refractivity contribution is 8.13. The molecule has 0 N–H and O–H groups in total. The smallest absolute Gasteiger partial charge is 0.0960 e. The largest absolute Gasteiger partial charge is 0.282 e. The monoisotopic (exact) mass is 226 g/mol. The van der Waals surface area contributed by atoms with Gasteiger partial charge in [0.05, 0.1) is 10.1 Å². The predicted molar refractivity (Wildman–Crippen MR) is 66.5 cm³/mol. The summed E-state index contributed by atoms with van der Waals surface area (Å²) in [6, 6.07) is 5.96. The number of aromatic nitrogens is 1. The van der Waals surface area contributed by atoms with E-state index in [1.54, 1.807) is 23.5 Å². The van der Waals surface area contributed by atoms with Gasteiger partial charge in [0.15, 0.2) is 0 Å². The summed E-state index contributed by atoms with van der Waals surface area (Å²) < 4.78 is 0. The van der Waals surface area contributed by atoms with Crippen LogP contribution in [0.2, 0.25) is 0 Å². The van der Waals surface area contributed by atoms with E-state index in [0.29, 0.717) is 0 Å². The zero-order valence-electron chi connectivity index (χ0n) is 8.43. The number of rotatable bonds is 4. The number of pyridine rings is 1. The van der Waals surface area contributed by atoms with Gasteiger partial charge < -0.3 is 0 Å². The molecule has 1 aromatic heterocycles. The first-order valence-corrected chi connectivity index (χ1v) is 6.63. The lowest BCUT2D eigenvalue weighted by Gasteiger charge is -1.98. The molecule has 14 heavy (non-hydrogen) atoms. The molecule has 2 nitrogen and oxygen atoms in total. The lowest BCUT2D eigenvalue weighted by atomic mass is 10.5. The van der Waals surface area contributed by atoms with Crippen molar-refractivity contribution < 1.29 is 0 Å². The Balaban J connectivity index is 2.23. The molecule has 1 heterocycles. The number of aliphatic imine (C=N–C) groups is 1. The van der Waals surface area contributed by atoms with Gasteiger partial charge in [-0.25, -0.2) is 4.98 Å². The van der Waals surface area contributed by atoms with Gasteiger partial charge in [-0.2, -0.15) is 0 Å². The molecule has 0 aliphatic carbocycles. The van der Waals surface area contributed by atoms with Crippen LogP contribution >= 0.6 is 23.5 Å². The van der Waals surface area contributed by atoms with Crippen molar-refractivity contribution in [1.29, 1.82) is 0 Å². The van der Waals surface area contributed by atoms with Crippen LogP contribution in [0.3, 0.4) is 0 Å². The first-order chi connectivity index (χ1) is 6.83. The molecule has 0 atom stereocenters. The van der Waals surface area contributed by atoms with Crippen LogP contribution in [0.4, 0.5) is 0 Å². The van der Waals surface area contributed by atoms with Crippen LogP contribution in [0.25, 0.3) is 0 Å². The zero-order chi connectivity index (χ0) is 10.2. The zero-order valence-corrected chi connectivity index (χ0v) is 10.1. The summed E-state index contributed by atoms with van der Waals surface area (Å²) in [7, 11) is 0. The predicted octanol–water partition coefficient (Wildman–Crippen LogP) is 2.96. The maximum absolute atomic E-state index is 4.39. The van der Waals surface area contributed by atoms with Crippen molar-refractivity contribution in [3.63, 3.8) is 0 Å². The molecule has 0 saturated heterocycles. The van der Waals surface area contributed by atoms with E-state index in [0.717, 1.165) is 22.4 Å². The van der Waals surface area contributed by atoms with E-state index in [1.165, 1.54) is 0 Å². The van der Waals surface area contributed by atoms with Crippen molar-refractivity contribution in [2.24, 2.45) is 4.99 Å². The van der Waals surface area contributed by atoms with Crippen molar-refractivity contribution in [3.05, 3.63) is 24.4 Å². The average molecular weight is 226 g/mol. The van der Waals surface area contributed by atoms with E-state index >= 15 is 0 Å². The summed E-state index contributed by atoms with van der Waals surface area (Å²) >= 11 is 3.44. The summed E-state index contributed by atoms with van der Waals surface area (Å²) in [6.45, 7) is 2.91. The fourth-order valence-electron chi connectivity index (χ4n) is 0.850. The van der Waals surface area contributed by atoms with Crippen molar-refractivity contribution in [2.45, 2.75) is 11.9 Å². The molecule has 0 fully saturated rings. The van der Waals surface area contributed by atoms with Crippen molar-refractivity contribution >= 4 is 28.6 Å². The highest BCUT2D eigenvalue weighted by Crippen LogP contribution is 2.13. The number of hydrogen-bond acceptors (Lipinski definition) is 4. The third-order valence-corrected chi connectivity index (χ3v) is 3.25. The van der Waals surface area contributed by atoms with Gasteiger partial charge in [-0.3, -0.25) is 4.99 Å². The third-order valence-electron chi connectivity index (χ3n) is 1.61. The molecule has 0 aliphatic rings. The molecule has 76 valence electrons. The minimum absolute atomic E-state index is 0.869. The Labute approximate surface area is 93.6 Å². The molecule has 4 heteroatoms. The molecule has 0 aromatic carbocycles. The first kappa shape index (κ1) is 11.6. The van der Waals surface area contributed by atoms with Crippen LogP contribution in [0.15, 0.2) is 34.4 Å². The van der Waals surface area contributed by atoms with E-state index in [-0.39, 0.29) is 0 Å².